The van der Waals surface area contributed by atoms with Crippen molar-refractivity contribution < 1.29 is 0 Å². The van der Waals surface area contributed by atoms with Crippen LogP contribution in [0.2, 0.25) is 0 Å². The lowest BCUT2D eigenvalue weighted by Gasteiger charge is -2.16. The minimum Gasteiger partial charge on any atom is -0.306 e. The Hall–Kier alpha value is -0.340. The number of halogens is 1. The van der Waals surface area contributed by atoms with Gasteiger partial charge in [0.15, 0.2) is 0 Å². The molecule has 1 nitrogen and oxygen atoms in total. The molecule has 0 spiro atoms. The number of nitrogens with one attached hydrogen (secondary N) is 1. The number of hydrogen-bond donors (Lipinski definition) is 1. The first kappa shape index (κ1) is 12.7. The molecule has 18 heavy (non-hydrogen) atoms. The van der Waals surface area contributed by atoms with Crippen LogP contribution >= 0.6 is 15.9 Å². The maximum atomic E-state index is 3.90. The van der Waals surface area contributed by atoms with E-state index < -0.39 is 0 Å². The average Bonchev–Trinajstić information content (AvgIpc) is 2.66. The third kappa shape index (κ3) is 1.61. The fourth-order valence-electron chi connectivity index (χ4n) is 3.60. The van der Waals surface area contributed by atoms with Crippen molar-refractivity contribution in [1.82, 2.24) is 5.32 Å². The first-order valence-corrected chi connectivity index (χ1v) is 7.68. The summed E-state index contributed by atoms with van der Waals surface area (Å²) in [5, 5.41) is 3.90. The van der Waals surface area contributed by atoms with Gasteiger partial charge in [-0.15, -0.1) is 0 Å². The summed E-state index contributed by atoms with van der Waals surface area (Å²) in [5.41, 5.74) is 3.85. The normalized spacial score (nSPS) is 28.2. The largest absolute Gasteiger partial charge is 0.306 e. The van der Waals surface area contributed by atoms with E-state index in [1.54, 1.807) is 0 Å². The van der Waals surface area contributed by atoms with E-state index in [0.717, 1.165) is 0 Å². The molecule has 0 bridgehead atoms. The predicted octanol–water partition coefficient (Wildman–Crippen LogP) is 4.46. The van der Waals surface area contributed by atoms with Crippen molar-refractivity contribution in [2.75, 3.05) is 0 Å². The minimum atomic E-state index is 0.418. The molecule has 1 atom stereocenters. The quantitative estimate of drug-likeness (QED) is 0.850. The van der Waals surface area contributed by atoms with Gasteiger partial charge < -0.3 is 5.32 Å². The third-order valence-corrected chi connectivity index (χ3v) is 6.35. The van der Waals surface area contributed by atoms with Gasteiger partial charge in [-0.2, -0.15) is 0 Å². The predicted molar refractivity (Wildman–Crippen MR) is 79.7 cm³/mol. The maximum absolute atomic E-state index is 3.90. The van der Waals surface area contributed by atoms with E-state index >= 15 is 0 Å². The van der Waals surface area contributed by atoms with E-state index in [1.807, 2.05) is 0 Å². The van der Waals surface area contributed by atoms with Crippen molar-refractivity contribution in [3.63, 3.8) is 0 Å². The number of hydrogen-bond acceptors (Lipinski definition) is 1. The van der Waals surface area contributed by atoms with Gasteiger partial charge in [-0.25, -0.2) is 0 Å². The van der Waals surface area contributed by atoms with Gasteiger partial charge in [-0.05, 0) is 40.9 Å². The summed E-state index contributed by atoms with van der Waals surface area (Å²) in [7, 11) is 0. The minimum absolute atomic E-state index is 0.418. The van der Waals surface area contributed by atoms with E-state index in [-0.39, 0.29) is 0 Å². The van der Waals surface area contributed by atoms with Gasteiger partial charge in [0.25, 0.3) is 0 Å². The molecule has 3 rings (SSSR count). The molecule has 0 radical (unpaired) electrons. The zero-order valence-corrected chi connectivity index (χ0v) is 13.3. The molecule has 2 aliphatic carbocycles. The Bertz CT molecular complexity index is 476. The summed E-state index contributed by atoms with van der Waals surface area (Å²) in [4.78, 5) is 0. The van der Waals surface area contributed by atoms with Crippen LogP contribution in [0.4, 0.5) is 0 Å². The van der Waals surface area contributed by atoms with Crippen LogP contribution in [0, 0.1) is 10.8 Å². The number of benzene rings is 1. The van der Waals surface area contributed by atoms with E-state index in [4.69, 9.17) is 0 Å². The van der Waals surface area contributed by atoms with Crippen molar-refractivity contribution in [3.8, 4) is 0 Å². The Balaban J connectivity index is 1.81. The Labute approximate surface area is 118 Å². The molecule has 2 aliphatic rings. The number of rotatable bonds is 2. The second-order valence-electron chi connectivity index (χ2n) is 6.94. The van der Waals surface area contributed by atoms with Gasteiger partial charge in [0, 0.05) is 16.6 Å². The standard InChI is InChI=1S/C16H22BrN/c1-15(2)14(16(15,3)4)18-13-9-8-10-11(13)6-5-7-12(10)17/h5-7,13-14,18H,8-9H2,1-4H3. The summed E-state index contributed by atoms with van der Waals surface area (Å²) in [6.07, 6.45) is 2.43. The molecule has 1 fully saturated rings. The van der Waals surface area contributed by atoms with Gasteiger partial charge in [-0.3, -0.25) is 0 Å². The van der Waals surface area contributed by atoms with Gasteiger partial charge in [-0.1, -0.05) is 55.8 Å². The molecule has 0 heterocycles. The summed E-state index contributed by atoms with van der Waals surface area (Å²) >= 11 is 3.67. The van der Waals surface area contributed by atoms with Crippen molar-refractivity contribution in [2.45, 2.75) is 52.6 Å². The Morgan fingerprint density at radius 3 is 2.44 bits per heavy atom. The van der Waals surface area contributed by atoms with Crippen LogP contribution in [0.5, 0.6) is 0 Å². The van der Waals surface area contributed by atoms with Crippen LogP contribution in [0.25, 0.3) is 0 Å². The molecule has 0 amide bonds. The Kier molecular flexibility index (Phi) is 2.70. The summed E-state index contributed by atoms with van der Waals surface area (Å²) in [5.74, 6) is 0. The molecule has 2 heteroatoms. The third-order valence-electron chi connectivity index (χ3n) is 5.60. The van der Waals surface area contributed by atoms with Crippen LogP contribution in [0.3, 0.4) is 0 Å². The van der Waals surface area contributed by atoms with E-state index in [0.29, 0.717) is 22.9 Å². The van der Waals surface area contributed by atoms with Crippen molar-refractivity contribution >= 4 is 15.9 Å². The highest BCUT2D eigenvalue weighted by Crippen LogP contribution is 2.63. The summed E-state index contributed by atoms with van der Waals surface area (Å²) in [6, 6.07) is 7.79. The van der Waals surface area contributed by atoms with Crippen LogP contribution in [0.15, 0.2) is 22.7 Å². The van der Waals surface area contributed by atoms with E-state index in [9.17, 15) is 0 Å². The molecule has 1 aromatic rings. The fraction of sp³-hybridized carbons (Fsp3) is 0.625. The second-order valence-corrected chi connectivity index (χ2v) is 7.80. The SMILES string of the molecule is CC1(C)C(NC2CCc3c(Br)cccc32)C1(C)C. The lowest BCUT2D eigenvalue weighted by atomic mass is 10.0. The first-order valence-electron chi connectivity index (χ1n) is 6.89. The van der Waals surface area contributed by atoms with Crippen LogP contribution in [-0.4, -0.2) is 6.04 Å². The molecule has 1 aromatic carbocycles. The van der Waals surface area contributed by atoms with Crippen LogP contribution < -0.4 is 5.32 Å². The van der Waals surface area contributed by atoms with Crippen molar-refractivity contribution in [2.24, 2.45) is 10.8 Å². The lowest BCUT2D eigenvalue weighted by Crippen LogP contribution is -2.26. The molecule has 0 aromatic heterocycles. The van der Waals surface area contributed by atoms with Crippen molar-refractivity contribution in [3.05, 3.63) is 33.8 Å². The zero-order valence-electron chi connectivity index (χ0n) is 11.7. The first-order chi connectivity index (χ1) is 8.35. The highest BCUT2D eigenvalue weighted by Gasteiger charge is 2.65. The molecular formula is C16H22BrN. The highest BCUT2D eigenvalue weighted by molar-refractivity contribution is 9.10. The highest BCUT2D eigenvalue weighted by atomic mass is 79.9. The second kappa shape index (κ2) is 3.83. The topological polar surface area (TPSA) is 12.0 Å². The maximum Gasteiger partial charge on any atom is 0.0329 e. The average molecular weight is 308 g/mol. The fourth-order valence-corrected chi connectivity index (χ4v) is 4.18. The van der Waals surface area contributed by atoms with Gasteiger partial charge in [0.1, 0.15) is 0 Å². The molecule has 98 valence electrons. The van der Waals surface area contributed by atoms with Gasteiger partial charge >= 0.3 is 0 Å². The molecule has 1 N–H and O–H groups in total. The molecular weight excluding hydrogens is 286 g/mol. The zero-order chi connectivity index (χ0) is 13.1. The lowest BCUT2D eigenvalue weighted by molar-refractivity contribution is 0.457. The van der Waals surface area contributed by atoms with E-state index in [1.165, 1.54) is 28.4 Å². The molecule has 1 saturated carbocycles. The summed E-state index contributed by atoms with van der Waals surface area (Å²) < 4.78 is 1.28. The van der Waals surface area contributed by atoms with E-state index in [2.05, 4.69) is 67.1 Å². The summed E-state index contributed by atoms with van der Waals surface area (Å²) in [6.45, 7) is 9.51. The van der Waals surface area contributed by atoms with Crippen LogP contribution in [0.1, 0.15) is 51.3 Å². The van der Waals surface area contributed by atoms with Gasteiger partial charge in [0.2, 0.25) is 0 Å². The molecule has 1 unspecified atom stereocenters. The monoisotopic (exact) mass is 307 g/mol. The van der Waals surface area contributed by atoms with Crippen molar-refractivity contribution in [1.29, 1.82) is 0 Å². The Morgan fingerprint density at radius 1 is 1.17 bits per heavy atom. The van der Waals surface area contributed by atoms with Crippen LogP contribution in [-0.2, 0) is 6.42 Å². The molecule has 0 aliphatic heterocycles. The smallest absolute Gasteiger partial charge is 0.0329 e. The number of fused-ring (bicyclic) bond motifs is 1. The van der Waals surface area contributed by atoms with Gasteiger partial charge in [0.05, 0.1) is 0 Å². The Morgan fingerprint density at radius 2 is 1.83 bits per heavy atom. The molecule has 0 saturated heterocycles.